The van der Waals surface area contributed by atoms with Crippen LogP contribution in [-0.4, -0.2) is 130 Å². The molecule has 1 saturated heterocycles. The fourth-order valence-corrected chi connectivity index (χ4v) is 7.17. The summed E-state index contributed by atoms with van der Waals surface area (Å²) in [5, 5.41) is 113. The predicted octanol–water partition coefficient (Wildman–Crippen LogP) is 2.29. The number of hydrogen-bond donors (Lipinski definition) is 11. The zero-order valence-corrected chi connectivity index (χ0v) is 35.2. The molecule has 0 radical (unpaired) electrons. The summed E-state index contributed by atoms with van der Waals surface area (Å²) in [7, 11) is 0. The van der Waals surface area contributed by atoms with Crippen molar-refractivity contribution in [1.82, 2.24) is 0 Å². The molecule has 1 aliphatic heterocycles. The maximum atomic E-state index is 13.4. The van der Waals surface area contributed by atoms with Crippen LogP contribution in [0, 0.1) is 5.92 Å². The number of benzene rings is 2. The Morgan fingerprint density at radius 1 is 0.688 bits per heavy atom. The average molecular weight is 893 g/mol. The van der Waals surface area contributed by atoms with Gasteiger partial charge in [0.1, 0.15) is 58.6 Å². The second-order valence-electron chi connectivity index (χ2n) is 15.7. The number of phenols is 4. The molecule has 344 valence electrons. The minimum absolute atomic E-state index is 0.142. The fourth-order valence-electron chi connectivity index (χ4n) is 7.17. The van der Waals surface area contributed by atoms with Crippen molar-refractivity contribution in [2.24, 2.45) is 5.92 Å². The molecule has 0 unspecified atom stereocenters. The van der Waals surface area contributed by atoms with Gasteiger partial charge in [0.2, 0.25) is 11.7 Å². The molecule has 0 amide bonds. The number of phenolic OH excluding ortho intramolecular Hbond substituents is 4. The summed E-state index contributed by atoms with van der Waals surface area (Å²) in [6.45, 7) is 5.55. The molecule has 64 heavy (non-hydrogen) atoms. The van der Waals surface area contributed by atoms with Gasteiger partial charge in [-0.2, -0.15) is 0 Å². The summed E-state index contributed by atoms with van der Waals surface area (Å²) < 4.78 is 21.3. The molecule has 1 aliphatic carbocycles. The Morgan fingerprint density at radius 2 is 1.25 bits per heavy atom. The van der Waals surface area contributed by atoms with E-state index >= 15 is 0 Å². The number of rotatable bonds is 13. The van der Waals surface area contributed by atoms with Crippen LogP contribution in [-0.2, 0) is 23.8 Å². The van der Waals surface area contributed by atoms with Crippen molar-refractivity contribution in [3.05, 3.63) is 117 Å². The lowest BCUT2D eigenvalue weighted by Crippen LogP contribution is -2.59. The van der Waals surface area contributed by atoms with E-state index in [9.17, 15) is 70.6 Å². The van der Waals surface area contributed by atoms with Crippen molar-refractivity contribution in [1.29, 1.82) is 0 Å². The second-order valence-corrected chi connectivity index (χ2v) is 15.7. The molecular formula is C46H52O18. The minimum Gasteiger partial charge on any atom is -0.507 e. The van der Waals surface area contributed by atoms with E-state index in [1.165, 1.54) is 26.0 Å². The number of hydrogen-bond acceptors (Lipinski definition) is 18. The molecule has 1 aromatic heterocycles. The smallest absolute Gasteiger partial charge is 0.336 e. The molecule has 5 rings (SSSR count). The fraction of sp³-hybridized carbons (Fsp3) is 0.370. The van der Waals surface area contributed by atoms with Gasteiger partial charge < -0.3 is 74.8 Å². The van der Waals surface area contributed by atoms with Gasteiger partial charge >= 0.3 is 11.9 Å². The molecule has 11 N–H and O–H groups in total. The number of carbonyl (C=O) groups excluding carboxylic acids is 2. The highest BCUT2D eigenvalue weighted by atomic mass is 16.7. The maximum Gasteiger partial charge on any atom is 0.336 e. The van der Waals surface area contributed by atoms with Crippen LogP contribution in [0.4, 0.5) is 0 Å². The summed E-state index contributed by atoms with van der Waals surface area (Å²) in [6, 6.07) is 2.97. The number of fused-ring (bicyclic) bond motifs is 2. The Morgan fingerprint density at radius 3 is 1.86 bits per heavy atom. The Balaban J connectivity index is 1.15. The number of aromatic hydroxyl groups is 4. The van der Waals surface area contributed by atoms with Crippen LogP contribution in [0.2, 0.25) is 0 Å². The van der Waals surface area contributed by atoms with Crippen molar-refractivity contribution < 1.29 is 84.4 Å². The first-order chi connectivity index (χ1) is 30.2. The van der Waals surface area contributed by atoms with Crippen LogP contribution in [0.5, 0.6) is 23.0 Å². The van der Waals surface area contributed by atoms with Gasteiger partial charge in [0.15, 0.2) is 11.5 Å². The van der Waals surface area contributed by atoms with Crippen molar-refractivity contribution in [3.63, 3.8) is 0 Å². The van der Waals surface area contributed by atoms with E-state index in [0.29, 0.717) is 0 Å². The molecule has 2 fully saturated rings. The van der Waals surface area contributed by atoms with E-state index in [2.05, 4.69) is 0 Å². The zero-order chi connectivity index (χ0) is 47.2. The van der Waals surface area contributed by atoms with Crippen LogP contribution in [0.3, 0.4) is 0 Å². The van der Waals surface area contributed by atoms with E-state index in [-0.39, 0.29) is 39.7 Å². The third-order valence-corrected chi connectivity index (χ3v) is 11.0. The molecule has 2 heterocycles. The third-order valence-electron chi connectivity index (χ3n) is 11.0. The molecule has 1 saturated carbocycles. The standard InChI is InChI=1S/C46H52O18/c1-21(9-5-6-10-22(2)12-8-14-24(4)45(60)64-46-43(58)42(57)39(54)33(19-47)63-46)11-7-13-23(3)44(59)61-20-25-15-27(38(53)41(56)36(25)51)34-30(50)18-32-35(40(34)55)37(52)26-16-28(48)29(49)17-31(26)62-32/h5-14,16-18,25,27,33,36,38-39,41-43,46-51,53-58H,15,19-20H2,1-4H3/b6-5-,11-7+,12-8+,21-9+,22-10+,23-13+,24-14+/t25-,27-,33+,36-,38+,39+,41+,42-,43+,46-/m0/s1. The van der Waals surface area contributed by atoms with Crippen LogP contribution in [0.1, 0.15) is 45.6 Å². The normalized spacial score (nSPS) is 27.6. The molecule has 0 bridgehead atoms. The molecule has 18 heteroatoms. The summed E-state index contributed by atoms with van der Waals surface area (Å²) in [4.78, 5) is 38.7. The number of aliphatic hydroxyl groups is 7. The van der Waals surface area contributed by atoms with E-state index in [1.807, 2.05) is 19.9 Å². The first-order valence-corrected chi connectivity index (χ1v) is 20.1. The van der Waals surface area contributed by atoms with Gasteiger partial charge in [-0.05, 0) is 40.2 Å². The first-order valence-electron chi connectivity index (χ1n) is 20.1. The second kappa shape index (κ2) is 21.1. The molecule has 10 atom stereocenters. The average Bonchev–Trinajstić information content (AvgIpc) is 3.25. The van der Waals surface area contributed by atoms with E-state index in [0.717, 1.165) is 29.3 Å². The first kappa shape index (κ1) is 48.9. The number of esters is 2. The molecule has 0 spiro atoms. The van der Waals surface area contributed by atoms with Crippen molar-refractivity contribution in [2.45, 2.75) is 89.1 Å². The number of allylic oxidation sites excluding steroid dienone is 12. The topological polar surface area (TPSA) is 315 Å². The summed E-state index contributed by atoms with van der Waals surface area (Å²) >= 11 is 0. The highest BCUT2D eigenvalue weighted by molar-refractivity contribution is 5.96. The lowest BCUT2D eigenvalue weighted by Gasteiger charge is -2.40. The summed E-state index contributed by atoms with van der Waals surface area (Å²) in [6.07, 6.45) is 3.76. The highest BCUT2D eigenvalue weighted by Gasteiger charge is 2.47. The van der Waals surface area contributed by atoms with Gasteiger partial charge in [0.05, 0.1) is 30.8 Å². The van der Waals surface area contributed by atoms with Crippen LogP contribution in [0.15, 0.2) is 110 Å². The zero-order valence-electron chi connectivity index (χ0n) is 35.2. The number of ether oxygens (including phenoxy) is 3. The molecular weight excluding hydrogens is 840 g/mol. The Labute approximate surface area is 365 Å². The third kappa shape index (κ3) is 11.0. The largest absolute Gasteiger partial charge is 0.507 e. The lowest BCUT2D eigenvalue weighted by atomic mass is 9.72. The monoisotopic (exact) mass is 892 g/mol. The Kier molecular flexibility index (Phi) is 16.1. The van der Waals surface area contributed by atoms with E-state index in [1.54, 1.807) is 42.5 Å². The van der Waals surface area contributed by atoms with Gasteiger partial charge in [-0.1, -0.05) is 71.9 Å². The number of aliphatic hydroxyl groups excluding tert-OH is 7. The van der Waals surface area contributed by atoms with Crippen LogP contribution >= 0.6 is 0 Å². The van der Waals surface area contributed by atoms with Crippen LogP contribution in [0.25, 0.3) is 21.9 Å². The number of carbonyl (C=O) groups is 2. The summed E-state index contributed by atoms with van der Waals surface area (Å²) in [5.74, 6) is -6.38. The highest BCUT2D eigenvalue weighted by Crippen LogP contribution is 2.47. The van der Waals surface area contributed by atoms with Crippen molar-refractivity contribution >= 4 is 33.9 Å². The summed E-state index contributed by atoms with van der Waals surface area (Å²) in [5.41, 5.74) is 0.440. The minimum atomic E-state index is -1.80. The van der Waals surface area contributed by atoms with Gasteiger partial charge in [-0.3, -0.25) is 4.79 Å². The van der Waals surface area contributed by atoms with Crippen molar-refractivity contribution in [2.75, 3.05) is 13.2 Å². The predicted molar refractivity (Wildman–Crippen MR) is 229 cm³/mol. The Bertz CT molecular complexity index is 2500. The molecule has 18 nitrogen and oxygen atoms in total. The molecule has 2 aromatic carbocycles. The van der Waals surface area contributed by atoms with Gasteiger partial charge in [0, 0.05) is 40.7 Å². The van der Waals surface area contributed by atoms with Crippen molar-refractivity contribution in [3.8, 4) is 23.0 Å². The molecule has 3 aromatic rings. The van der Waals surface area contributed by atoms with E-state index < -0.39 is 120 Å². The van der Waals surface area contributed by atoms with Gasteiger partial charge in [0.25, 0.3) is 0 Å². The van der Waals surface area contributed by atoms with E-state index in [4.69, 9.17) is 18.6 Å². The SMILES string of the molecule is CC(/C=C/C=C(\C)C(=O)OC[C@@H]1C[C@@H](c2c(O)cc3oc4cc(O)c(O)cc4c(=O)c3c2O)[C@@H](O)[C@H](O)[C@H]1O)=C\C=C/C=C(C)/C=C/C=C(\C)C(=O)O[C@@H]1O[C@H](CO)[C@@H](O)[C@H](O)[C@H]1O. The van der Waals surface area contributed by atoms with Crippen LogP contribution < -0.4 is 5.43 Å². The van der Waals surface area contributed by atoms with Gasteiger partial charge in [-0.15, -0.1) is 0 Å². The maximum absolute atomic E-state index is 13.4. The quantitative estimate of drug-likeness (QED) is 0.0386. The van der Waals surface area contributed by atoms with Gasteiger partial charge in [-0.25, -0.2) is 9.59 Å². The molecule has 2 aliphatic rings. The Hall–Kier alpha value is -6.09. The lowest BCUT2D eigenvalue weighted by molar-refractivity contribution is -0.291.